The molecule has 0 atom stereocenters. The van der Waals surface area contributed by atoms with Crippen LogP contribution in [0.25, 0.3) is 0 Å². The maximum absolute atomic E-state index is 12.8. The molecular weight excluding hydrogens is 191 g/mol. The van der Waals surface area contributed by atoms with Gasteiger partial charge in [-0.1, -0.05) is 13.0 Å². The third kappa shape index (κ3) is 2.52. The van der Waals surface area contributed by atoms with Crippen LogP contribution in [0.3, 0.4) is 0 Å². The quantitative estimate of drug-likeness (QED) is 0.544. The molecule has 0 saturated heterocycles. The molecule has 0 aliphatic heterocycles. The molecule has 1 aromatic carbocycles. The molecule has 0 radical (unpaired) electrons. The van der Waals surface area contributed by atoms with Gasteiger partial charge < -0.3 is 0 Å². The third-order valence-corrected chi connectivity index (χ3v) is 2.45. The second-order valence-electron chi connectivity index (χ2n) is 3.46. The Morgan fingerprint density at radius 2 is 2.13 bits per heavy atom. The van der Waals surface area contributed by atoms with Crippen molar-refractivity contribution in [2.45, 2.75) is 27.2 Å². The summed E-state index contributed by atoms with van der Waals surface area (Å²) in [6.07, 6.45) is 2.51. The number of carbonyl (C=O) groups is 1. The van der Waals surface area contributed by atoms with E-state index >= 15 is 0 Å². The summed E-state index contributed by atoms with van der Waals surface area (Å²) in [5.41, 5.74) is 2.05. The van der Waals surface area contributed by atoms with Gasteiger partial charge in [0.15, 0.2) is 5.78 Å². The van der Waals surface area contributed by atoms with Gasteiger partial charge in [0.2, 0.25) is 0 Å². The van der Waals surface area contributed by atoms with Crippen molar-refractivity contribution in [2.75, 3.05) is 0 Å². The third-order valence-electron chi connectivity index (χ3n) is 2.45. The zero-order valence-electron chi connectivity index (χ0n) is 9.30. The fourth-order valence-corrected chi connectivity index (χ4v) is 1.55. The molecule has 0 aliphatic rings. The summed E-state index contributed by atoms with van der Waals surface area (Å²) in [6.45, 7) is 5.53. The molecule has 0 N–H and O–H groups in total. The monoisotopic (exact) mass is 206 g/mol. The van der Waals surface area contributed by atoms with Crippen molar-refractivity contribution in [1.82, 2.24) is 0 Å². The van der Waals surface area contributed by atoms with E-state index in [2.05, 4.69) is 0 Å². The lowest BCUT2D eigenvalue weighted by Crippen LogP contribution is -2.05. The summed E-state index contributed by atoms with van der Waals surface area (Å²) in [5, 5.41) is 0. The molecule has 1 nitrogen and oxygen atoms in total. The lowest BCUT2D eigenvalue weighted by molar-refractivity contribution is 0.103. The molecule has 0 heterocycles. The average molecular weight is 206 g/mol. The van der Waals surface area contributed by atoms with E-state index in [1.807, 2.05) is 19.9 Å². The van der Waals surface area contributed by atoms with E-state index in [4.69, 9.17) is 0 Å². The first kappa shape index (κ1) is 11.6. The van der Waals surface area contributed by atoms with Crippen molar-refractivity contribution in [3.05, 3.63) is 46.8 Å². The van der Waals surface area contributed by atoms with Crippen LogP contribution in [0, 0.1) is 12.7 Å². The van der Waals surface area contributed by atoms with Crippen LogP contribution in [0.4, 0.5) is 4.39 Å². The molecule has 0 bridgehead atoms. The van der Waals surface area contributed by atoms with Crippen molar-refractivity contribution in [3.63, 3.8) is 0 Å². The minimum Gasteiger partial charge on any atom is -0.289 e. The summed E-state index contributed by atoms with van der Waals surface area (Å²) in [7, 11) is 0. The van der Waals surface area contributed by atoms with Gasteiger partial charge in [0.25, 0.3) is 0 Å². The van der Waals surface area contributed by atoms with Crippen molar-refractivity contribution < 1.29 is 9.18 Å². The number of allylic oxidation sites excluding steroid dienone is 2. The van der Waals surface area contributed by atoms with Crippen LogP contribution in [0.1, 0.15) is 36.2 Å². The number of ketones is 1. The van der Waals surface area contributed by atoms with Crippen LogP contribution in [0.15, 0.2) is 29.8 Å². The van der Waals surface area contributed by atoms with Gasteiger partial charge in [0.05, 0.1) is 0 Å². The number of hydrogen-bond donors (Lipinski definition) is 0. The first-order chi connectivity index (χ1) is 7.10. The van der Waals surface area contributed by atoms with Crippen molar-refractivity contribution in [2.24, 2.45) is 0 Å². The molecule has 80 valence electrons. The SMILES string of the molecule is C/C=C(/CC)C(=O)c1ccc(F)cc1C. The van der Waals surface area contributed by atoms with Crippen molar-refractivity contribution >= 4 is 5.78 Å². The molecule has 0 aliphatic carbocycles. The molecule has 1 aromatic rings. The number of halogens is 1. The van der Waals surface area contributed by atoms with Gasteiger partial charge in [-0.2, -0.15) is 0 Å². The maximum Gasteiger partial charge on any atom is 0.188 e. The number of benzene rings is 1. The summed E-state index contributed by atoms with van der Waals surface area (Å²) >= 11 is 0. The Bertz CT molecular complexity index is 405. The Morgan fingerprint density at radius 3 is 2.60 bits per heavy atom. The molecule has 2 heteroatoms. The Labute approximate surface area is 89.6 Å². The van der Waals surface area contributed by atoms with Crippen LogP contribution in [0.2, 0.25) is 0 Å². The highest BCUT2D eigenvalue weighted by Gasteiger charge is 2.12. The van der Waals surface area contributed by atoms with E-state index < -0.39 is 0 Å². The van der Waals surface area contributed by atoms with E-state index in [0.29, 0.717) is 17.5 Å². The molecule has 0 saturated carbocycles. The van der Waals surface area contributed by atoms with E-state index in [1.165, 1.54) is 12.1 Å². The van der Waals surface area contributed by atoms with Crippen LogP contribution in [0.5, 0.6) is 0 Å². The zero-order valence-corrected chi connectivity index (χ0v) is 9.30. The lowest BCUT2D eigenvalue weighted by atomic mass is 9.97. The topological polar surface area (TPSA) is 17.1 Å². The van der Waals surface area contributed by atoms with Gasteiger partial charge in [-0.25, -0.2) is 4.39 Å². The lowest BCUT2D eigenvalue weighted by Gasteiger charge is -2.06. The molecule has 0 aromatic heterocycles. The summed E-state index contributed by atoms with van der Waals surface area (Å²) < 4.78 is 12.8. The summed E-state index contributed by atoms with van der Waals surface area (Å²) in [4.78, 5) is 11.9. The predicted molar refractivity (Wildman–Crippen MR) is 59.5 cm³/mol. The molecule has 0 spiro atoms. The van der Waals surface area contributed by atoms with Gasteiger partial charge in [-0.3, -0.25) is 4.79 Å². The smallest absolute Gasteiger partial charge is 0.188 e. The second-order valence-corrected chi connectivity index (χ2v) is 3.46. The first-order valence-electron chi connectivity index (χ1n) is 5.06. The molecule has 1 rings (SSSR count). The normalized spacial score (nSPS) is 11.6. The van der Waals surface area contributed by atoms with E-state index in [9.17, 15) is 9.18 Å². The summed E-state index contributed by atoms with van der Waals surface area (Å²) in [6, 6.07) is 4.26. The Balaban J connectivity index is 3.12. The number of rotatable bonds is 3. The number of aryl methyl sites for hydroxylation is 1. The van der Waals surface area contributed by atoms with Gasteiger partial charge in [-0.05, 0) is 49.6 Å². The highest BCUT2D eigenvalue weighted by molar-refractivity contribution is 6.09. The predicted octanol–water partition coefficient (Wildman–Crippen LogP) is 3.67. The summed E-state index contributed by atoms with van der Waals surface area (Å²) in [5.74, 6) is -0.305. The molecular formula is C13H15FO. The highest BCUT2D eigenvalue weighted by Crippen LogP contribution is 2.16. The van der Waals surface area contributed by atoms with Crippen LogP contribution < -0.4 is 0 Å². The van der Waals surface area contributed by atoms with Crippen molar-refractivity contribution in [3.8, 4) is 0 Å². The van der Waals surface area contributed by atoms with E-state index in [-0.39, 0.29) is 11.6 Å². The number of Topliss-reactive ketones (excluding diaryl/α,β-unsaturated/α-hetero) is 1. The van der Waals surface area contributed by atoms with Crippen LogP contribution in [-0.2, 0) is 0 Å². The van der Waals surface area contributed by atoms with E-state index in [0.717, 1.165) is 5.57 Å². The van der Waals surface area contributed by atoms with Gasteiger partial charge >= 0.3 is 0 Å². The minimum atomic E-state index is -0.303. The Hall–Kier alpha value is -1.44. The largest absolute Gasteiger partial charge is 0.289 e. The van der Waals surface area contributed by atoms with Gasteiger partial charge in [-0.15, -0.1) is 0 Å². The maximum atomic E-state index is 12.8. The second kappa shape index (κ2) is 4.87. The number of carbonyl (C=O) groups excluding carboxylic acids is 1. The van der Waals surface area contributed by atoms with Crippen LogP contribution in [-0.4, -0.2) is 5.78 Å². The Kier molecular flexibility index (Phi) is 3.78. The zero-order chi connectivity index (χ0) is 11.4. The molecule has 0 unspecified atom stereocenters. The van der Waals surface area contributed by atoms with Gasteiger partial charge in [0.1, 0.15) is 5.82 Å². The molecule has 15 heavy (non-hydrogen) atoms. The minimum absolute atomic E-state index is 0.00231. The Morgan fingerprint density at radius 1 is 1.47 bits per heavy atom. The standard InChI is InChI=1S/C13H15FO/c1-4-10(5-2)13(15)12-7-6-11(14)8-9(12)3/h4,6-8H,5H2,1-3H3/b10-4-. The number of hydrogen-bond acceptors (Lipinski definition) is 1. The fourth-order valence-electron chi connectivity index (χ4n) is 1.55. The first-order valence-corrected chi connectivity index (χ1v) is 5.06. The molecule has 0 fully saturated rings. The van der Waals surface area contributed by atoms with Gasteiger partial charge in [0, 0.05) is 5.56 Å². The van der Waals surface area contributed by atoms with E-state index in [1.54, 1.807) is 13.0 Å². The highest BCUT2D eigenvalue weighted by atomic mass is 19.1. The van der Waals surface area contributed by atoms with Crippen LogP contribution >= 0.6 is 0 Å². The molecule has 0 amide bonds. The fraction of sp³-hybridized carbons (Fsp3) is 0.308. The average Bonchev–Trinajstić information content (AvgIpc) is 2.19. The van der Waals surface area contributed by atoms with Crippen molar-refractivity contribution in [1.29, 1.82) is 0 Å².